The predicted octanol–water partition coefficient (Wildman–Crippen LogP) is 0.581. The molecular formula is C11H17N3O3S. The van der Waals surface area contributed by atoms with E-state index in [-0.39, 0.29) is 10.9 Å². The number of nitrogens with one attached hydrogen (secondary N) is 2. The molecule has 6 nitrogen and oxygen atoms in total. The Bertz CT molecular complexity index is 498. The van der Waals surface area contributed by atoms with Crippen LogP contribution in [-0.4, -0.2) is 39.2 Å². The van der Waals surface area contributed by atoms with Gasteiger partial charge in [-0.3, -0.25) is 4.98 Å². The van der Waals surface area contributed by atoms with Crippen LogP contribution in [0.1, 0.15) is 13.3 Å². The van der Waals surface area contributed by atoms with Gasteiger partial charge in [0.2, 0.25) is 10.0 Å². The minimum Gasteiger partial charge on any atom is -0.384 e. The number of ether oxygens (including phenoxy) is 1. The molecule has 1 aromatic rings. The summed E-state index contributed by atoms with van der Waals surface area (Å²) in [7, 11) is -3.55. The van der Waals surface area contributed by atoms with Gasteiger partial charge in [-0.15, -0.1) is 0 Å². The van der Waals surface area contributed by atoms with E-state index in [9.17, 15) is 8.42 Å². The second-order valence-electron chi connectivity index (χ2n) is 4.08. The highest BCUT2D eigenvalue weighted by Crippen LogP contribution is 2.20. The van der Waals surface area contributed by atoms with E-state index < -0.39 is 10.0 Å². The zero-order chi connectivity index (χ0) is 13.0. The van der Waals surface area contributed by atoms with Gasteiger partial charge in [0.1, 0.15) is 4.90 Å². The van der Waals surface area contributed by atoms with Crippen molar-refractivity contribution in [2.24, 2.45) is 0 Å². The molecule has 2 rings (SSSR count). The summed E-state index contributed by atoms with van der Waals surface area (Å²) in [6, 6.07) is 1.51. The molecule has 1 aliphatic heterocycles. The number of sulfonamides is 1. The Kier molecular flexibility index (Phi) is 4.15. The fraction of sp³-hybridized carbons (Fsp3) is 0.545. The zero-order valence-electron chi connectivity index (χ0n) is 10.2. The lowest BCUT2D eigenvalue weighted by atomic mass is 10.3. The van der Waals surface area contributed by atoms with Gasteiger partial charge >= 0.3 is 0 Å². The lowest BCUT2D eigenvalue weighted by Crippen LogP contribution is -2.35. The second kappa shape index (κ2) is 5.64. The van der Waals surface area contributed by atoms with Crippen LogP contribution in [-0.2, 0) is 14.8 Å². The van der Waals surface area contributed by atoms with Crippen molar-refractivity contribution in [2.75, 3.05) is 25.1 Å². The maximum absolute atomic E-state index is 12.2. The van der Waals surface area contributed by atoms with Crippen LogP contribution >= 0.6 is 0 Å². The number of rotatable bonds is 5. The molecule has 1 fully saturated rings. The summed E-state index contributed by atoms with van der Waals surface area (Å²) >= 11 is 0. The minimum absolute atomic E-state index is 0.148. The zero-order valence-corrected chi connectivity index (χ0v) is 11.0. The largest absolute Gasteiger partial charge is 0.384 e. The number of anilines is 1. The monoisotopic (exact) mass is 271 g/mol. The number of aromatic nitrogens is 1. The van der Waals surface area contributed by atoms with E-state index in [1.54, 1.807) is 12.3 Å². The molecule has 0 aliphatic carbocycles. The average molecular weight is 271 g/mol. The lowest BCUT2D eigenvalue weighted by Gasteiger charge is -2.14. The summed E-state index contributed by atoms with van der Waals surface area (Å²) in [6.45, 7) is 3.59. The normalized spacial score (nSPS) is 19.9. The van der Waals surface area contributed by atoms with E-state index in [1.165, 1.54) is 6.20 Å². The Hall–Kier alpha value is -1.18. The number of hydrogen-bond acceptors (Lipinski definition) is 5. The Balaban J connectivity index is 2.22. The third-order valence-corrected chi connectivity index (χ3v) is 4.24. The summed E-state index contributed by atoms with van der Waals surface area (Å²) < 4.78 is 32.3. The molecule has 0 aromatic carbocycles. The molecular weight excluding hydrogens is 254 g/mol. The van der Waals surface area contributed by atoms with Crippen LogP contribution in [0, 0.1) is 0 Å². The third-order valence-electron chi connectivity index (χ3n) is 2.69. The highest BCUT2D eigenvalue weighted by molar-refractivity contribution is 7.89. The minimum atomic E-state index is -3.55. The quantitative estimate of drug-likeness (QED) is 0.819. The van der Waals surface area contributed by atoms with Crippen LogP contribution in [0.4, 0.5) is 5.69 Å². The Morgan fingerprint density at radius 2 is 2.39 bits per heavy atom. The van der Waals surface area contributed by atoms with Crippen LogP contribution < -0.4 is 10.0 Å². The summed E-state index contributed by atoms with van der Waals surface area (Å²) in [5.74, 6) is 0. The molecule has 1 aliphatic rings. The van der Waals surface area contributed by atoms with E-state index in [4.69, 9.17) is 4.74 Å². The van der Waals surface area contributed by atoms with Crippen molar-refractivity contribution in [1.82, 2.24) is 9.71 Å². The number of nitrogens with zero attached hydrogens (tertiary/aromatic N) is 1. The average Bonchev–Trinajstić information content (AvgIpc) is 2.82. The molecule has 18 heavy (non-hydrogen) atoms. The SMILES string of the molecule is CCNc1ccncc1S(=O)(=O)NC1CCOC1. The smallest absolute Gasteiger partial charge is 0.244 e. The van der Waals surface area contributed by atoms with Crippen LogP contribution in [0.5, 0.6) is 0 Å². The van der Waals surface area contributed by atoms with Gasteiger partial charge in [0.25, 0.3) is 0 Å². The van der Waals surface area contributed by atoms with Gasteiger partial charge in [-0.2, -0.15) is 0 Å². The summed E-state index contributed by atoms with van der Waals surface area (Å²) in [5, 5.41) is 3.02. The Morgan fingerprint density at radius 1 is 1.56 bits per heavy atom. The van der Waals surface area contributed by atoms with Gasteiger partial charge < -0.3 is 10.1 Å². The van der Waals surface area contributed by atoms with E-state index in [0.29, 0.717) is 31.9 Å². The van der Waals surface area contributed by atoms with Crippen molar-refractivity contribution in [2.45, 2.75) is 24.3 Å². The van der Waals surface area contributed by atoms with Crippen molar-refractivity contribution >= 4 is 15.7 Å². The molecule has 2 heterocycles. The number of hydrogen-bond donors (Lipinski definition) is 2. The molecule has 0 radical (unpaired) electrons. The molecule has 0 amide bonds. The van der Waals surface area contributed by atoms with Gasteiger partial charge in [0.05, 0.1) is 12.3 Å². The molecule has 1 unspecified atom stereocenters. The van der Waals surface area contributed by atoms with Gasteiger partial charge in [-0.1, -0.05) is 0 Å². The molecule has 7 heteroatoms. The van der Waals surface area contributed by atoms with Crippen LogP contribution in [0.25, 0.3) is 0 Å². The van der Waals surface area contributed by atoms with Crippen LogP contribution in [0.2, 0.25) is 0 Å². The van der Waals surface area contributed by atoms with Crippen molar-refractivity contribution in [3.63, 3.8) is 0 Å². The predicted molar refractivity (Wildman–Crippen MR) is 67.9 cm³/mol. The highest BCUT2D eigenvalue weighted by Gasteiger charge is 2.25. The van der Waals surface area contributed by atoms with Gasteiger partial charge in [0, 0.05) is 31.6 Å². The molecule has 0 saturated carbocycles. The second-order valence-corrected chi connectivity index (χ2v) is 5.77. The molecule has 0 bridgehead atoms. The molecule has 2 N–H and O–H groups in total. The van der Waals surface area contributed by atoms with Crippen molar-refractivity contribution < 1.29 is 13.2 Å². The molecule has 1 aromatic heterocycles. The van der Waals surface area contributed by atoms with Crippen molar-refractivity contribution in [3.05, 3.63) is 18.5 Å². The third kappa shape index (κ3) is 2.98. The van der Waals surface area contributed by atoms with E-state index in [1.807, 2.05) is 6.92 Å². The molecule has 100 valence electrons. The van der Waals surface area contributed by atoms with Crippen LogP contribution in [0.3, 0.4) is 0 Å². The first-order valence-electron chi connectivity index (χ1n) is 5.91. The molecule has 1 saturated heterocycles. The molecule has 1 atom stereocenters. The van der Waals surface area contributed by atoms with Crippen molar-refractivity contribution in [3.8, 4) is 0 Å². The first kappa shape index (κ1) is 13.3. The summed E-state index contributed by atoms with van der Waals surface area (Å²) in [5.41, 5.74) is 0.568. The Labute approximate surface area is 107 Å². The first-order chi connectivity index (χ1) is 8.63. The van der Waals surface area contributed by atoms with Crippen LogP contribution in [0.15, 0.2) is 23.4 Å². The Morgan fingerprint density at radius 3 is 3.06 bits per heavy atom. The standard InChI is InChI=1S/C11H17N3O3S/c1-2-13-10-3-5-12-7-11(10)18(15,16)14-9-4-6-17-8-9/h3,5,7,9,14H,2,4,6,8H2,1H3,(H,12,13). The number of pyridine rings is 1. The fourth-order valence-corrected chi connectivity index (χ4v) is 3.22. The summed E-state index contributed by atoms with van der Waals surface area (Å²) in [6.07, 6.45) is 3.63. The van der Waals surface area contributed by atoms with Crippen molar-refractivity contribution in [1.29, 1.82) is 0 Å². The van der Waals surface area contributed by atoms with Gasteiger partial charge in [0.15, 0.2) is 0 Å². The lowest BCUT2D eigenvalue weighted by molar-refractivity contribution is 0.192. The first-order valence-corrected chi connectivity index (χ1v) is 7.40. The fourth-order valence-electron chi connectivity index (χ4n) is 1.84. The van der Waals surface area contributed by atoms with E-state index in [0.717, 1.165) is 0 Å². The highest BCUT2D eigenvalue weighted by atomic mass is 32.2. The van der Waals surface area contributed by atoms with Gasteiger partial charge in [-0.25, -0.2) is 13.1 Å². The maximum atomic E-state index is 12.2. The van der Waals surface area contributed by atoms with Gasteiger partial charge in [-0.05, 0) is 19.4 Å². The topological polar surface area (TPSA) is 80.3 Å². The maximum Gasteiger partial charge on any atom is 0.244 e. The van der Waals surface area contributed by atoms with E-state index >= 15 is 0 Å². The summed E-state index contributed by atoms with van der Waals surface area (Å²) in [4.78, 5) is 4.06. The molecule has 0 spiro atoms. The van der Waals surface area contributed by atoms with E-state index in [2.05, 4.69) is 15.0 Å².